The highest BCUT2D eigenvalue weighted by Crippen LogP contribution is 2.29. The first-order valence-electron chi connectivity index (χ1n) is 6.96. The largest absolute Gasteiger partial charge is 0.277 e. The fourth-order valence-electron chi connectivity index (χ4n) is 2.62. The van der Waals surface area contributed by atoms with Crippen LogP contribution in [-0.4, -0.2) is 17.6 Å². The third-order valence-corrected chi connectivity index (χ3v) is 4.00. The van der Waals surface area contributed by atoms with Gasteiger partial charge in [-0.25, -0.2) is 5.06 Å². The fraction of sp³-hybridized carbons (Fsp3) is 0.235. The monoisotopic (exact) mass is 301 g/mol. The van der Waals surface area contributed by atoms with Crippen LogP contribution in [0.4, 0.5) is 0 Å². The maximum atomic E-state index is 12.6. The first-order chi connectivity index (χ1) is 10.2. The van der Waals surface area contributed by atoms with E-state index in [1.807, 2.05) is 19.1 Å². The van der Waals surface area contributed by atoms with Gasteiger partial charge in [-0.3, -0.25) is 9.63 Å². The molecule has 0 aromatic heterocycles. The molecule has 1 aliphatic rings. The quantitative estimate of drug-likeness (QED) is 0.796. The summed E-state index contributed by atoms with van der Waals surface area (Å²) in [6.45, 7) is 2.48. The number of halogens is 1. The smallest absolute Gasteiger partial charge is 0.270 e. The lowest BCUT2D eigenvalue weighted by atomic mass is 9.99. The van der Waals surface area contributed by atoms with E-state index in [0.717, 1.165) is 12.0 Å². The molecule has 0 fully saturated rings. The van der Waals surface area contributed by atoms with Crippen molar-refractivity contribution in [3.8, 4) is 0 Å². The molecule has 0 saturated heterocycles. The van der Waals surface area contributed by atoms with E-state index in [-0.39, 0.29) is 11.9 Å². The molecule has 0 saturated carbocycles. The van der Waals surface area contributed by atoms with Gasteiger partial charge in [0.15, 0.2) is 0 Å². The Morgan fingerprint density at radius 2 is 1.90 bits per heavy atom. The van der Waals surface area contributed by atoms with Crippen molar-refractivity contribution in [1.82, 2.24) is 5.06 Å². The van der Waals surface area contributed by atoms with E-state index in [1.54, 1.807) is 24.3 Å². The number of nitrogens with zero attached hydrogens (tertiary/aromatic N) is 1. The van der Waals surface area contributed by atoms with Gasteiger partial charge in [-0.15, -0.1) is 0 Å². The highest BCUT2D eigenvalue weighted by atomic mass is 35.5. The normalized spacial score (nSPS) is 18.0. The average Bonchev–Trinajstić information content (AvgIpc) is 2.67. The van der Waals surface area contributed by atoms with Crippen LogP contribution in [0.15, 0.2) is 48.5 Å². The molecular formula is C17H16ClNO2. The molecule has 0 N–H and O–H groups in total. The number of hydrogen-bond acceptors (Lipinski definition) is 2. The first-order valence-corrected chi connectivity index (χ1v) is 7.34. The van der Waals surface area contributed by atoms with E-state index in [9.17, 15) is 4.79 Å². The predicted molar refractivity (Wildman–Crippen MR) is 82.1 cm³/mol. The summed E-state index contributed by atoms with van der Waals surface area (Å²) >= 11 is 5.87. The summed E-state index contributed by atoms with van der Waals surface area (Å²) in [5.74, 6) is -0.143. The molecular weight excluding hydrogens is 286 g/mol. The maximum absolute atomic E-state index is 12.6. The zero-order chi connectivity index (χ0) is 14.8. The van der Waals surface area contributed by atoms with Crippen LogP contribution in [0.2, 0.25) is 5.02 Å². The van der Waals surface area contributed by atoms with Gasteiger partial charge in [-0.05, 0) is 48.7 Å². The zero-order valence-electron chi connectivity index (χ0n) is 11.8. The van der Waals surface area contributed by atoms with Crippen LogP contribution >= 0.6 is 11.6 Å². The van der Waals surface area contributed by atoms with Crippen molar-refractivity contribution in [1.29, 1.82) is 0 Å². The molecule has 2 aromatic rings. The van der Waals surface area contributed by atoms with Crippen molar-refractivity contribution in [2.24, 2.45) is 0 Å². The second-order valence-electron chi connectivity index (χ2n) is 5.10. The summed E-state index contributed by atoms with van der Waals surface area (Å²) in [4.78, 5) is 18.3. The molecule has 4 heteroatoms. The highest BCUT2D eigenvalue weighted by Gasteiger charge is 2.27. The van der Waals surface area contributed by atoms with E-state index >= 15 is 0 Å². The standard InChI is InChI=1S/C17H16ClNO2/c1-12-16-5-3-2-4-13(16)10-11-21-19(12)17(20)14-6-8-15(18)9-7-14/h2-9,12H,10-11H2,1H3. The minimum Gasteiger partial charge on any atom is -0.270 e. The van der Waals surface area contributed by atoms with Crippen LogP contribution < -0.4 is 0 Å². The van der Waals surface area contributed by atoms with Crippen molar-refractivity contribution < 1.29 is 9.63 Å². The van der Waals surface area contributed by atoms with E-state index in [1.165, 1.54) is 10.6 Å². The van der Waals surface area contributed by atoms with E-state index < -0.39 is 0 Å². The molecule has 0 radical (unpaired) electrons. The molecule has 1 amide bonds. The predicted octanol–water partition coefficient (Wildman–Crippen LogP) is 4.03. The Kier molecular flexibility index (Phi) is 3.95. The Hall–Kier alpha value is -1.84. The fourth-order valence-corrected chi connectivity index (χ4v) is 2.74. The van der Waals surface area contributed by atoms with Gasteiger partial charge in [0.1, 0.15) is 0 Å². The third-order valence-electron chi connectivity index (χ3n) is 3.75. The molecule has 108 valence electrons. The molecule has 3 rings (SSSR count). The number of hydroxylamine groups is 2. The van der Waals surface area contributed by atoms with Crippen LogP contribution in [0.25, 0.3) is 0 Å². The van der Waals surface area contributed by atoms with Gasteiger partial charge in [-0.2, -0.15) is 0 Å². The molecule has 21 heavy (non-hydrogen) atoms. The molecule has 0 spiro atoms. The summed E-state index contributed by atoms with van der Waals surface area (Å²) in [7, 11) is 0. The highest BCUT2D eigenvalue weighted by molar-refractivity contribution is 6.30. The van der Waals surface area contributed by atoms with Crippen molar-refractivity contribution in [2.45, 2.75) is 19.4 Å². The summed E-state index contributed by atoms with van der Waals surface area (Å²) < 4.78 is 0. The average molecular weight is 302 g/mol. The molecule has 3 nitrogen and oxygen atoms in total. The number of amides is 1. The molecule has 0 bridgehead atoms. The van der Waals surface area contributed by atoms with Crippen LogP contribution in [0, 0.1) is 0 Å². The van der Waals surface area contributed by atoms with Gasteiger partial charge in [0, 0.05) is 10.6 Å². The number of hydrogen-bond donors (Lipinski definition) is 0. The van der Waals surface area contributed by atoms with Crippen LogP contribution in [-0.2, 0) is 11.3 Å². The van der Waals surface area contributed by atoms with Gasteiger partial charge in [-0.1, -0.05) is 35.9 Å². The lowest BCUT2D eigenvalue weighted by Gasteiger charge is -2.26. The minimum atomic E-state index is -0.143. The van der Waals surface area contributed by atoms with Gasteiger partial charge in [0.25, 0.3) is 5.91 Å². The molecule has 1 atom stereocenters. The summed E-state index contributed by atoms with van der Waals surface area (Å²) in [5.41, 5.74) is 2.94. The van der Waals surface area contributed by atoms with E-state index in [4.69, 9.17) is 16.4 Å². The minimum absolute atomic E-state index is 0.119. The summed E-state index contributed by atoms with van der Waals surface area (Å²) in [6.07, 6.45) is 0.810. The van der Waals surface area contributed by atoms with Gasteiger partial charge in [0.05, 0.1) is 12.6 Å². The van der Waals surface area contributed by atoms with Crippen LogP contribution in [0.5, 0.6) is 0 Å². The maximum Gasteiger partial charge on any atom is 0.277 e. The Morgan fingerprint density at radius 3 is 2.67 bits per heavy atom. The summed E-state index contributed by atoms with van der Waals surface area (Å²) in [5, 5.41) is 2.08. The zero-order valence-corrected chi connectivity index (χ0v) is 12.5. The molecule has 2 aromatic carbocycles. The molecule has 0 aliphatic carbocycles. The van der Waals surface area contributed by atoms with Crippen LogP contribution in [0.1, 0.15) is 34.5 Å². The topological polar surface area (TPSA) is 29.5 Å². The second kappa shape index (κ2) is 5.88. The van der Waals surface area contributed by atoms with Gasteiger partial charge < -0.3 is 0 Å². The number of fused-ring (bicyclic) bond motifs is 1. The van der Waals surface area contributed by atoms with E-state index in [2.05, 4.69) is 12.1 Å². The van der Waals surface area contributed by atoms with Crippen molar-refractivity contribution >= 4 is 17.5 Å². The Balaban J connectivity index is 1.91. The lowest BCUT2D eigenvalue weighted by molar-refractivity contribution is -0.142. The number of carbonyl (C=O) groups excluding carboxylic acids is 1. The SMILES string of the molecule is CC1c2ccccc2CCON1C(=O)c1ccc(Cl)cc1. The first kappa shape index (κ1) is 14.1. The number of rotatable bonds is 1. The Morgan fingerprint density at radius 1 is 1.19 bits per heavy atom. The molecule has 1 heterocycles. The third kappa shape index (κ3) is 2.80. The van der Waals surface area contributed by atoms with E-state index in [0.29, 0.717) is 17.2 Å². The van der Waals surface area contributed by atoms with Crippen molar-refractivity contribution in [3.63, 3.8) is 0 Å². The molecule has 1 unspecified atom stereocenters. The number of benzene rings is 2. The molecule has 1 aliphatic heterocycles. The van der Waals surface area contributed by atoms with Gasteiger partial charge in [0.2, 0.25) is 0 Å². The van der Waals surface area contributed by atoms with Gasteiger partial charge >= 0.3 is 0 Å². The Labute approximate surface area is 129 Å². The van der Waals surface area contributed by atoms with Crippen molar-refractivity contribution in [3.05, 3.63) is 70.2 Å². The van der Waals surface area contributed by atoms with Crippen LogP contribution in [0.3, 0.4) is 0 Å². The Bertz CT molecular complexity index is 654. The summed E-state index contributed by atoms with van der Waals surface area (Å²) in [6, 6.07) is 14.9. The lowest BCUT2D eigenvalue weighted by Crippen LogP contribution is -2.33. The number of carbonyl (C=O) groups is 1. The van der Waals surface area contributed by atoms with Crippen molar-refractivity contribution in [2.75, 3.05) is 6.61 Å². The second-order valence-corrected chi connectivity index (χ2v) is 5.53.